The van der Waals surface area contributed by atoms with E-state index in [0.29, 0.717) is 6.20 Å². The van der Waals surface area contributed by atoms with E-state index in [1.54, 1.807) is 0 Å². The van der Waals surface area contributed by atoms with Crippen molar-refractivity contribution >= 4 is 11.9 Å². The highest BCUT2D eigenvalue weighted by Crippen LogP contribution is 2.34. The lowest BCUT2D eigenvalue weighted by Crippen LogP contribution is -2.31. The smallest absolute Gasteiger partial charge is 0.433 e. The Hall–Kier alpha value is -1.94. The third-order valence-corrected chi connectivity index (χ3v) is 2.16. The zero-order valence-corrected chi connectivity index (χ0v) is 9.55. The molecule has 7 nitrogen and oxygen atoms in total. The molecule has 1 rings (SSSR count). The van der Waals surface area contributed by atoms with Crippen LogP contribution in [0.4, 0.5) is 19.1 Å². The molecule has 0 aliphatic heterocycles. The van der Waals surface area contributed by atoms with E-state index in [9.17, 15) is 28.2 Å². The zero-order chi connectivity index (χ0) is 14.8. The number of alkyl halides is 3. The van der Waals surface area contributed by atoms with Crippen molar-refractivity contribution in [2.45, 2.75) is 18.4 Å². The first-order valence-corrected chi connectivity index (χ1v) is 4.82. The minimum atomic E-state index is -4.93. The van der Waals surface area contributed by atoms with E-state index in [-0.39, 0.29) is 0 Å². The molecule has 106 valence electrons. The van der Waals surface area contributed by atoms with E-state index in [1.807, 2.05) is 0 Å². The van der Waals surface area contributed by atoms with E-state index < -0.39 is 41.6 Å². The molecule has 0 spiro atoms. The first kappa shape index (κ1) is 15.1. The first-order chi connectivity index (χ1) is 8.68. The monoisotopic (exact) mass is 281 g/mol. The topological polar surface area (TPSA) is 119 Å². The van der Waals surface area contributed by atoms with Gasteiger partial charge in [0.15, 0.2) is 11.8 Å². The Morgan fingerprint density at radius 1 is 1.47 bits per heavy atom. The van der Waals surface area contributed by atoms with Gasteiger partial charge in [-0.05, 0) is 0 Å². The molecular formula is C9H10F3N3O4. The lowest BCUT2D eigenvalue weighted by Gasteiger charge is -2.19. The van der Waals surface area contributed by atoms with E-state index in [2.05, 4.69) is 14.7 Å². The van der Waals surface area contributed by atoms with Crippen LogP contribution in [0.3, 0.4) is 0 Å². The minimum Gasteiger partial charge on any atom is -0.467 e. The molecule has 1 heterocycles. The number of carbonyl (C=O) groups is 1. The summed E-state index contributed by atoms with van der Waals surface area (Å²) in [5, 5.41) is 18.9. The Kier molecular flexibility index (Phi) is 4.27. The Labute approximate surface area is 104 Å². The quantitative estimate of drug-likeness (QED) is 0.647. The van der Waals surface area contributed by atoms with Crippen LogP contribution >= 0.6 is 0 Å². The minimum absolute atomic E-state index is 0.585. The van der Waals surface area contributed by atoms with Crippen LogP contribution in [-0.4, -0.2) is 39.4 Å². The number of hydrogen-bond acceptors (Lipinski definition) is 7. The molecule has 19 heavy (non-hydrogen) atoms. The molecule has 2 atom stereocenters. The molecule has 0 bridgehead atoms. The SMILES string of the molecule is COC(=O)C(O)C(O)c1cnc(N)nc1C(F)(F)F. The van der Waals surface area contributed by atoms with Crippen LogP contribution in [0.15, 0.2) is 6.20 Å². The van der Waals surface area contributed by atoms with Gasteiger partial charge in [0.2, 0.25) is 5.95 Å². The number of aromatic nitrogens is 2. The zero-order valence-electron chi connectivity index (χ0n) is 9.55. The maximum Gasteiger partial charge on any atom is 0.433 e. The summed E-state index contributed by atoms with van der Waals surface area (Å²) in [6.07, 6.45) is -8.73. The van der Waals surface area contributed by atoms with Gasteiger partial charge in [-0.2, -0.15) is 13.2 Å². The number of carbonyl (C=O) groups excluding carboxylic acids is 1. The van der Waals surface area contributed by atoms with Crippen molar-refractivity contribution in [1.29, 1.82) is 0 Å². The van der Waals surface area contributed by atoms with Crippen molar-refractivity contribution in [1.82, 2.24) is 9.97 Å². The standard InChI is InChI=1S/C9H10F3N3O4/c1-19-7(18)5(17)4(16)3-2-14-8(13)15-6(3)9(10,11)12/h2,4-5,16-17H,1H3,(H2,13,14,15). The van der Waals surface area contributed by atoms with Gasteiger partial charge < -0.3 is 20.7 Å². The van der Waals surface area contributed by atoms with Crippen LogP contribution in [-0.2, 0) is 15.7 Å². The number of methoxy groups -OCH3 is 1. The van der Waals surface area contributed by atoms with Crippen molar-refractivity contribution in [2.24, 2.45) is 0 Å². The second-order valence-electron chi connectivity index (χ2n) is 3.44. The third kappa shape index (κ3) is 3.29. The Balaban J connectivity index is 3.23. The number of halogens is 3. The number of rotatable bonds is 3. The van der Waals surface area contributed by atoms with Crippen LogP contribution in [0.5, 0.6) is 0 Å². The predicted molar refractivity (Wildman–Crippen MR) is 54.4 cm³/mol. The van der Waals surface area contributed by atoms with Crippen molar-refractivity contribution in [3.8, 4) is 0 Å². The number of aliphatic hydroxyl groups excluding tert-OH is 2. The van der Waals surface area contributed by atoms with Gasteiger partial charge in [-0.1, -0.05) is 0 Å². The number of hydrogen-bond donors (Lipinski definition) is 3. The van der Waals surface area contributed by atoms with Crippen molar-refractivity contribution < 1.29 is 32.9 Å². The molecule has 10 heteroatoms. The van der Waals surface area contributed by atoms with E-state index in [0.717, 1.165) is 7.11 Å². The second-order valence-corrected chi connectivity index (χ2v) is 3.44. The molecule has 4 N–H and O–H groups in total. The summed E-state index contributed by atoms with van der Waals surface area (Å²) in [6.45, 7) is 0. The highest BCUT2D eigenvalue weighted by atomic mass is 19.4. The van der Waals surface area contributed by atoms with Crippen LogP contribution in [0.25, 0.3) is 0 Å². The van der Waals surface area contributed by atoms with Crippen LogP contribution in [0.1, 0.15) is 17.4 Å². The van der Waals surface area contributed by atoms with Crippen LogP contribution in [0, 0.1) is 0 Å². The fraction of sp³-hybridized carbons (Fsp3) is 0.444. The molecule has 0 amide bonds. The largest absolute Gasteiger partial charge is 0.467 e. The average molecular weight is 281 g/mol. The molecule has 0 fully saturated rings. The summed E-state index contributed by atoms with van der Waals surface area (Å²) in [5.41, 5.74) is 2.62. The molecular weight excluding hydrogens is 271 g/mol. The van der Waals surface area contributed by atoms with Gasteiger partial charge in [0.25, 0.3) is 0 Å². The van der Waals surface area contributed by atoms with Crippen LogP contribution < -0.4 is 5.73 Å². The molecule has 0 aliphatic rings. The first-order valence-electron chi connectivity index (χ1n) is 4.82. The maximum atomic E-state index is 12.7. The van der Waals surface area contributed by atoms with Crippen molar-refractivity contribution in [3.05, 3.63) is 17.5 Å². The predicted octanol–water partition coefficient (Wildman–Crippen LogP) is -0.355. The number of nitrogen functional groups attached to an aromatic ring is 1. The number of ether oxygens (including phenoxy) is 1. The summed E-state index contributed by atoms with van der Waals surface area (Å²) in [7, 11) is 0.905. The maximum absolute atomic E-state index is 12.7. The molecule has 1 aromatic heterocycles. The number of nitrogens with zero attached hydrogens (tertiary/aromatic N) is 2. The van der Waals surface area contributed by atoms with E-state index in [4.69, 9.17) is 5.73 Å². The second kappa shape index (κ2) is 5.36. The number of aliphatic hydroxyl groups is 2. The third-order valence-electron chi connectivity index (χ3n) is 2.16. The summed E-state index contributed by atoms with van der Waals surface area (Å²) < 4.78 is 42.1. The lowest BCUT2D eigenvalue weighted by molar-refractivity contribution is -0.159. The van der Waals surface area contributed by atoms with E-state index in [1.165, 1.54) is 0 Å². The van der Waals surface area contributed by atoms with Gasteiger partial charge in [0, 0.05) is 11.8 Å². The Morgan fingerprint density at radius 2 is 2.05 bits per heavy atom. The fourth-order valence-corrected chi connectivity index (χ4v) is 1.27. The fourth-order valence-electron chi connectivity index (χ4n) is 1.27. The molecule has 0 aliphatic carbocycles. The molecule has 1 aromatic rings. The molecule has 0 saturated heterocycles. The van der Waals surface area contributed by atoms with Crippen molar-refractivity contribution in [2.75, 3.05) is 12.8 Å². The van der Waals surface area contributed by atoms with Gasteiger partial charge in [-0.25, -0.2) is 14.8 Å². The molecule has 0 saturated carbocycles. The number of nitrogens with two attached hydrogens (primary N) is 1. The highest BCUT2D eigenvalue weighted by Gasteiger charge is 2.40. The van der Waals surface area contributed by atoms with Gasteiger partial charge in [-0.3, -0.25) is 0 Å². The summed E-state index contributed by atoms with van der Waals surface area (Å²) in [6, 6.07) is 0. The highest BCUT2D eigenvalue weighted by molar-refractivity contribution is 5.75. The number of anilines is 1. The molecule has 0 radical (unpaired) electrons. The summed E-state index contributed by atoms with van der Waals surface area (Å²) in [5.74, 6) is -1.95. The Morgan fingerprint density at radius 3 is 2.53 bits per heavy atom. The van der Waals surface area contributed by atoms with Crippen LogP contribution in [0.2, 0.25) is 0 Å². The molecule has 2 unspecified atom stereocenters. The lowest BCUT2D eigenvalue weighted by atomic mass is 10.0. The normalized spacial score (nSPS) is 14.8. The van der Waals surface area contributed by atoms with Gasteiger partial charge >= 0.3 is 12.1 Å². The summed E-state index contributed by atoms with van der Waals surface area (Å²) >= 11 is 0. The Bertz CT molecular complexity index is 480. The van der Waals surface area contributed by atoms with Gasteiger partial charge in [0.1, 0.15) is 6.10 Å². The average Bonchev–Trinajstić information content (AvgIpc) is 2.35. The number of esters is 1. The van der Waals surface area contributed by atoms with Gasteiger partial charge in [0.05, 0.1) is 7.11 Å². The van der Waals surface area contributed by atoms with Gasteiger partial charge in [-0.15, -0.1) is 0 Å². The van der Waals surface area contributed by atoms with Crippen molar-refractivity contribution in [3.63, 3.8) is 0 Å². The summed E-state index contributed by atoms with van der Waals surface area (Å²) in [4.78, 5) is 17.2. The van der Waals surface area contributed by atoms with E-state index >= 15 is 0 Å². The molecule has 0 aromatic carbocycles.